The van der Waals surface area contributed by atoms with Gasteiger partial charge in [-0.15, -0.1) is 0 Å². The summed E-state index contributed by atoms with van der Waals surface area (Å²) in [4.78, 5) is 0. The predicted octanol–water partition coefficient (Wildman–Crippen LogP) is 4.45. The summed E-state index contributed by atoms with van der Waals surface area (Å²) >= 11 is 0. The van der Waals surface area contributed by atoms with Crippen LogP contribution in [0, 0.1) is 12.3 Å². The topological polar surface area (TPSA) is 0 Å². The maximum absolute atomic E-state index is 2.36. The smallest absolute Gasteiger partial charge is 0.00683 e. The molecule has 0 spiro atoms. The number of hydrogen-bond donors (Lipinski definition) is 0. The number of allylic oxidation sites excluding steroid dienone is 4. The third kappa shape index (κ3) is 2.63. The van der Waals surface area contributed by atoms with Crippen molar-refractivity contribution < 1.29 is 0 Å². The summed E-state index contributed by atoms with van der Waals surface area (Å²) in [7, 11) is 0. The summed E-state index contributed by atoms with van der Waals surface area (Å²) in [6.45, 7) is 6.65. The van der Waals surface area contributed by atoms with Gasteiger partial charge in [-0.25, -0.2) is 0 Å². The second-order valence-corrected chi connectivity index (χ2v) is 5.30. The molecule has 1 aliphatic carbocycles. The second kappa shape index (κ2) is 4.29. The van der Waals surface area contributed by atoms with Crippen molar-refractivity contribution in [2.75, 3.05) is 0 Å². The SMILES string of the molecule is CC1=CC[C@@](C)(Cc2ccc(C)cc2)C=C1. The van der Waals surface area contributed by atoms with Gasteiger partial charge in [0, 0.05) is 0 Å². The van der Waals surface area contributed by atoms with E-state index in [2.05, 4.69) is 63.3 Å². The number of aryl methyl sites for hydroxylation is 1. The standard InChI is InChI=1S/C16H20/c1-13-4-6-15(7-5-13)12-16(3)10-8-14(2)9-11-16/h4-10H,11-12H2,1-3H3/t16-/m0/s1. The molecule has 16 heavy (non-hydrogen) atoms. The Morgan fingerprint density at radius 3 is 2.38 bits per heavy atom. The zero-order chi connectivity index (χ0) is 11.6. The molecule has 0 heteroatoms. The molecule has 1 aliphatic rings. The summed E-state index contributed by atoms with van der Waals surface area (Å²) in [6, 6.07) is 8.90. The minimum Gasteiger partial charge on any atom is -0.0807 e. The monoisotopic (exact) mass is 212 g/mol. The Bertz CT molecular complexity index is 420. The van der Waals surface area contributed by atoms with Gasteiger partial charge in [-0.1, -0.05) is 60.6 Å². The number of hydrogen-bond acceptors (Lipinski definition) is 0. The normalized spacial score (nSPS) is 24.3. The van der Waals surface area contributed by atoms with Crippen LogP contribution in [0.2, 0.25) is 0 Å². The van der Waals surface area contributed by atoms with Crippen LogP contribution in [-0.2, 0) is 6.42 Å². The fraction of sp³-hybridized carbons (Fsp3) is 0.375. The van der Waals surface area contributed by atoms with Crippen LogP contribution in [0.15, 0.2) is 48.1 Å². The van der Waals surface area contributed by atoms with Crippen molar-refractivity contribution in [1.29, 1.82) is 0 Å². The summed E-state index contributed by atoms with van der Waals surface area (Å²) in [5, 5.41) is 0. The molecule has 0 amide bonds. The van der Waals surface area contributed by atoms with Gasteiger partial charge in [0.05, 0.1) is 0 Å². The van der Waals surface area contributed by atoms with Gasteiger partial charge in [0.15, 0.2) is 0 Å². The van der Waals surface area contributed by atoms with Crippen LogP contribution in [0.4, 0.5) is 0 Å². The molecule has 0 saturated carbocycles. The zero-order valence-electron chi connectivity index (χ0n) is 10.5. The van der Waals surface area contributed by atoms with Gasteiger partial charge in [-0.3, -0.25) is 0 Å². The molecule has 0 bridgehead atoms. The Morgan fingerprint density at radius 2 is 1.81 bits per heavy atom. The minimum absolute atomic E-state index is 0.300. The van der Waals surface area contributed by atoms with E-state index in [1.807, 2.05) is 0 Å². The molecule has 1 aromatic rings. The average molecular weight is 212 g/mol. The van der Waals surface area contributed by atoms with Gasteiger partial charge < -0.3 is 0 Å². The van der Waals surface area contributed by atoms with Crippen LogP contribution in [0.5, 0.6) is 0 Å². The minimum atomic E-state index is 0.300. The van der Waals surface area contributed by atoms with Crippen LogP contribution >= 0.6 is 0 Å². The second-order valence-electron chi connectivity index (χ2n) is 5.30. The van der Waals surface area contributed by atoms with E-state index in [-0.39, 0.29) is 0 Å². The summed E-state index contributed by atoms with van der Waals surface area (Å²) in [6.07, 6.45) is 9.24. The fourth-order valence-corrected chi connectivity index (χ4v) is 2.17. The molecule has 0 heterocycles. The van der Waals surface area contributed by atoms with E-state index in [0.29, 0.717) is 5.41 Å². The third-order valence-corrected chi connectivity index (χ3v) is 3.37. The summed E-state index contributed by atoms with van der Waals surface area (Å²) in [5.74, 6) is 0. The lowest BCUT2D eigenvalue weighted by molar-refractivity contribution is 0.425. The largest absolute Gasteiger partial charge is 0.0807 e. The maximum atomic E-state index is 2.36. The molecule has 0 aliphatic heterocycles. The van der Waals surface area contributed by atoms with Crippen molar-refractivity contribution in [3.8, 4) is 0 Å². The van der Waals surface area contributed by atoms with Crippen molar-refractivity contribution in [2.24, 2.45) is 5.41 Å². The van der Waals surface area contributed by atoms with Gasteiger partial charge in [-0.2, -0.15) is 0 Å². The van der Waals surface area contributed by atoms with E-state index in [9.17, 15) is 0 Å². The van der Waals surface area contributed by atoms with E-state index in [4.69, 9.17) is 0 Å². The number of rotatable bonds is 2. The summed E-state index contributed by atoms with van der Waals surface area (Å²) < 4.78 is 0. The molecule has 84 valence electrons. The van der Waals surface area contributed by atoms with Crippen LogP contribution in [0.3, 0.4) is 0 Å². The van der Waals surface area contributed by atoms with Crippen LogP contribution in [0.1, 0.15) is 31.4 Å². The first-order valence-corrected chi connectivity index (χ1v) is 5.99. The Hall–Kier alpha value is -1.30. The highest BCUT2D eigenvalue weighted by Crippen LogP contribution is 2.32. The van der Waals surface area contributed by atoms with Crippen molar-refractivity contribution in [3.05, 3.63) is 59.2 Å². The van der Waals surface area contributed by atoms with Crippen molar-refractivity contribution in [2.45, 2.75) is 33.6 Å². The van der Waals surface area contributed by atoms with Gasteiger partial charge in [0.2, 0.25) is 0 Å². The first kappa shape index (κ1) is 11.2. The van der Waals surface area contributed by atoms with Crippen molar-refractivity contribution in [3.63, 3.8) is 0 Å². The lowest BCUT2D eigenvalue weighted by atomic mass is 9.77. The molecular formula is C16H20. The van der Waals surface area contributed by atoms with Gasteiger partial charge >= 0.3 is 0 Å². The Kier molecular flexibility index (Phi) is 3.00. The molecule has 0 aromatic heterocycles. The van der Waals surface area contributed by atoms with E-state index in [0.717, 1.165) is 12.8 Å². The lowest BCUT2D eigenvalue weighted by Crippen LogP contribution is -2.17. The molecule has 0 nitrogen and oxygen atoms in total. The highest BCUT2D eigenvalue weighted by Gasteiger charge is 2.22. The first-order chi connectivity index (χ1) is 7.57. The van der Waals surface area contributed by atoms with Gasteiger partial charge in [-0.05, 0) is 37.7 Å². The van der Waals surface area contributed by atoms with E-state index >= 15 is 0 Å². The van der Waals surface area contributed by atoms with Crippen molar-refractivity contribution in [1.82, 2.24) is 0 Å². The molecule has 0 saturated heterocycles. The third-order valence-electron chi connectivity index (χ3n) is 3.37. The van der Waals surface area contributed by atoms with Crippen LogP contribution < -0.4 is 0 Å². The predicted molar refractivity (Wildman–Crippen MR) is 70.5 cm³/mol. The fourth-order valence-electron chi connectivity index (χ4n) is 2.17. The first-order valence-electron chi connectivity index (χ1n) is 5.99. The Morgan fingerprint density at radius 1 is 1.12 bits per heavy atom. The average Bonchev–Trinajstić information content (AvgIpc) is 2.27. The van der Waals surface area contributed by atoms with E-state index in [1.54, 1.807) is 0 Å². The maximum Gasteiger partial charge on any atom is -0.00683 e. The Labute approximate surface area is 98.7 Å². The summed E-state index contributed by atoms with van der Waals surface area (Å²) in [5.41, 5.74) is 4.46. The van der Waals surface area contributed by atoms with E-state index < -0.39 is 0 Å². The van der Waals surface area contributed by atoms with Crippen LogP contribution in [-0.4, -0.2) is 0 Å². The zero-order valence-corrected chi connectivity index (χ0v) is 10.5. The Balaban J connectivity index is 2.10. The van der Waals surface area contributed by atoms with E-state index in [1.165, 1.54) is 16.7 Å². The molecule has 0 radical (unpaired) electrons. The highest BCUT2D eigenvalue weighted by molar-refractivity contribution is 5.28. The lowest BCUT2D eigenvalue weighted by Gasteiger charge is -2.27. The van der Waals surface area contributed by atoms with Crippen LogP contribution in [0.25, 0.3) is 0 Å². The highest BCUT2D eigenvalue weighted by atomic mass is 14.3. The van der Waals surface area contributed by atoms with Crippen molar-refractivity contribution >= 4 is 0 Å². The molecule has 0 N–H and O–H groups in total. The molecule has 2 rings (SSSR count). The quantitative estimate of drug-likeness (QED) is 0.679. The molecular weight excluding hydrogens is 192 g/mol. The van der Waals surface area contributed by atoms with Gasteiger partial charge in [0.1, 0.15) is 0 Å². The molecule has 0 fully saturated rings. The van der Waals surface area contributed by atoms with Gasteiger partial charge in [0.25, 0.3) is 0 Å². The molecule has 1 aromatic carbocycles. The number of benzene rings is 1. The molecule has 1 atom stereocenters. The molecule has 0 unspecified atom stereocenters.